The number of fused-ring (bicyclic) bond motifs is 2. The first kappa shape index (κ1) is 43.0. The first-order chi connectivity index (χ1) is 30.5. The van der Waals surface area contributed by atoms with Crippen LogP contribution in [0.1, 0.15) is 129 Å². The Balaban J connectivity index is 1.06. The predicted molar refractivity (Wildman–Crippen MR) is 245 cm³/mol. The van der Waals surface area contributed by atoms with E-state index in [-0.39, 0.29) is 39.1 Å². The molecule has 2 saturated carbocycles. The first-order valence-corrected chi connectivity index (χ1v) is 22.3. The predicted octanol–water partition coefficient (Wildman–Crippen LogP) is 12.1. The van der Waals surface area contributed by atoms with Gasteiger partial charge in [-0.15, -0.1) is 0 Å². The smallest absolute Gasteiger partial charge is 0.419 e. The Morgan fingerprint density at radius 1 is 0.531 bits per heavy atom. The molecule has 5 aromatic carbocycles. The summed E-state index contributed by atoms with van der Waals surface area (Å²) < 4.78 is 57.6. The quantitative estimate of drug-likeness (QED) is 0.143. The molecule has 2 aliphatic rings. The molecular weight excluding hydrogens is 818 g/mol. The maximum atomic E-state index is 14.2. The Labute approximate surface area is 368 Å². The van der Waals surface area contributed by atoms with Gasteiger partial charge in [0, 0.05) is 12.5 Å². The number of hydrogen-bond donors (Lipinski definition) is 0. The van der Waals surface area contributed by atoms with Crippen LogP contribution in [0.2, 0.25) is 0 Å². The molecule has 7 aromatic rings. The van der Waals surface area contributed by atoms with Crippen molar-refractivity contribution in [3.05, 3.63) is 165 Å². The van der Waals surface area contributed by atoms with Gasteiger partial charge in [-0.05, 0) is 134 Å². The summed E-state index contributed by atoms with van der Waals surface area (Å²) in [7, 11) is 1.37. The Kier molecular flexibility index (Phi) is 11.0. The van der Waals surface area contributed by atoms with Gasteiger partial charge >= 0.3 is 6.18 Å². The van der Waals surface area contributed by atoms with Crippen LogP contribution in [0.3, 0.4) is 0 Å². The van der Waals surface area contributed by atoms with Crippen LogP contribution in [0.15, 0.2) is 104 Å². The standard InChI is InChI=1S/C53H51F3N2O6/c1-30-16-20-47(43(24-30)53(54,55)56)64-46-22-18-35(27-38(46)33-14-10-7-11-15-33)52(3,4)34-17-21-45(37(26-34)32-12-8-6-9-13-32)63-44-23-19-36(25-31(44)2)58-50(61)41-28-39-40(29-42(41)51(58)62)49(60)57(5)48(39)59/h16-29,32-33H,6-15H2,1-5H3. The van der Waals surface area contributed by atoms with E-state index < -0.39 is 39.4 Å². The van der Waals surface area contributed by atoms with Crippen molar-refractivity contribution < 1.29 is 22.6 Å². The number of aryl methyl sites for hydroxylation is 2. The molecule has 0 amide bonds. The number of aromatic nitrogens is 2. The van der Waals surface area contributed by atoms with E-state index in [4.69, 9.17) is 9.47 Å². The Morgan fingerprint density at radius 3 is 1.47 bits per heavy atom. The summed E-state index contributed by atoms with van der Waals surface area (Å²) in [6, 6.07) is 24.4. The van der Waals surface area contributed by atoms with Crippen LogP contribution in [0.4, 0.5) is 13.2 Å². The zero-order valence-electron chi connectivity index (χ0n) is 36.8. The number of hydrogen-bond acceptors (Lipinski definition) is 6. The maximum Gasteiger partial charge on any atom is 0.419 e. The fraction of sp³-hybridized carbons (Fsp3) is 0.358. The van der Waals surface area contributed by atoms with Crippen LogP contribution in [0, 0.1) is 13.8 Å². The molecule has 0 atom stereocenters. The molecule has 2 aliphatic carbocycles. The minimum atomic E-state index is -4.56. The summed E-state index contributed by atoms with van der Waals surface area (Å²) in [5, 5.41) is 0.368. The van der Waals surface area contributed by atoms with Gasteiger partial charge in [-0.2, -0.15) is 13.2 Å². The highest BCUT2D eigenvalue weighted by atomic mass is 19.4. The van der Waals surface area contributed by atoms with E-state index in [9.17, 15) is 32.3 Å². The highest BCUT2D eigenvalue weighted by Crippen LogP contribution is 2.47. The number of ether oxygens (including phenoxy) is 2. The van der Waals surface area contributed by atoms with Crippen LogP contribution >= 0.6 is 0 Å². The monoisotopic (exact) mass is 868 g/mol. The van der Waals surface area contributed by atoms with E-state index in [0.717, 1.165) is 101 Å². The third-order valence-corrected chi connectivity index (χ3v) is 13.9. The van der Waals surface area contributed by atoms with E-state index in [1.165, 1.54) is 31.7 Å². The zero-order valence-corrected chi connectivity index (χ0v) is 36.8. The first-order valence-electron chi connectivity index (χ1n) is 22.3. The highest BCUT2D eigenvalue weighted by molar-refractivity contribution is 5.98. The fourth-order valence-corrected chi connectivity index (χ4v) is 10.1. The summed E-state index contributed by atoms with van der Waals surface area (Å²) in [5.41, 5.74) is 2.27. The molecule has 0 saturated heterocycles. The van der Waals surface area contributed by atoms with Crippen LogP contribution < -0.4 is 31.7 Å². The fourth-order valence-electron chi connectivity index (χ4n) is 10.1. The van der Waals surface area contributed by atoms with E-state index >= 15 is 0 Å². The molecule has 0 aliphatic heterocycles. The minimum absolute atomic E-state index is 0.0783. The summed E-state index contributed by atoms with van der Waals surface area (Å²) in [4.78, 5) is 52.6. The number of halogens is 3. The van der Waals surface area contributed by atoms with Gasteiger partial charge in [0.2, 0.25) is 0 Å². The van der Waals surface area contributed by atoms with Gasteiger partial charge in [0.05, 0.1) is 32.8 Å². The highest BCUT2D eigenvalue weighted by Gasteiger charge is 2.36. The summed E-state index contributed by atoms with van der Waals surface area (Å²) in [5.74, 6) is 1.99. The average Bonchev–Trinajstić information content (AvgIpc) is 3.66. The van der Waals surface area contributed by atoms with Crippen molar-refractivity contribution in [2.75, 3.05) is 0 Å². The Hall–Kier alpha value is -6.23. The van der Waals surface area contributed by atoms with Gasteiger partial charge in [0.25, 0.3) is 22.2 Å². The third-order valence-electron chi connectivity index (χ3n) is 13.9. The Bertz CT molecular complexity index is 3090. The van der Waals surface area contributed by atoms with Crippen molar-refractivity contribution in [3.8, 4) is 28.7 Å². The van der Waals surface area contributed by atoms with Crippen molar-refractivity contribution in [1.82, 2.24) is 9.13 Å². The molecule has 0 N–H and O–H groups in total. The summed E-state index contributed by atoms with van der Waals surface area (Å²) >= 11 is 0. The summed E-state index contributed by atoms with van der Waals surface area (Å²) in [6.07, 6.45) is 6.01. The van der Waals surface area contributed by atoms with Crippen LogP contribution in [0.25, 0.3) is 27.2 Å². The van der Waals surface area contributed by atoms with Crippen LogP contribution in [0.5, 0.6) is 23.0 Å². The lowest BCUT2D eigenvalue weighted by atomic mass is 9.74. The van der Waals surface area contributed by atoms with Gasteiger partial charge in [-0.3, -0.25) is 23.7 Å². The van der Waals surface area contributed by atoms with Crippen molar-refractivity contribution in [3.63, 3.8) is 0 Å². The van der Waals surface area contributed by atoms with E-state index in [0.29, 0.717) is 28.3 Å². The molecule has 330 valence electrons. The minimum Gasteiger partial charge on any atom is -0.457 e. The summed E-state index contributed by atoms with van der Waals surface area (Å²) in [6.45, 7) is 7.86. The van der Waals surface area contributed by atoms with Crippen molar-refractivity contribution in [1.29, 1.82) is 0 Å². The normalized spacial score (nSPS) is 15.6. The van der Waals surface area contributed by atoms with Crippen LogP contribution in [-0.2, 0) is 18.6 Å². The molecule has 0 radical (unpaired) electrons. The average molecular weight is 869 g/mol. The molecule has 11 heteroatoms. The molecule has 2 aromatic heterocycles. The molecule has 64 heavy (non-hydrogen) atoms. The van der Waals surface area contributed by atoms with E-state index in [1.807, 2.05) is 25.1 Å². The SMILES string of the molecule is Cc1ccc(Oc2ccc(C(C)(C)c3ccc(Oc4ccc(-n5c(=O)c6cc7c(=O)n(C)c(=O)c7cc6c5=O)cc4C)c(C4CCCCC4)c3)cc2C2CCCCC2)c(C(F)(F)F)c1. The molecule has 2 fully saturated rings. The number of nitrogens with zero attached hydrogens (tertiary/aromatic N) is 2. The number of rotatable bonds is 9. The molecule has 9 rings (SSSR count). The van der Waals surface area contributed by atoms with Gasteiger partial charge in [0.15, 0.2) is 0 Å². The lowest BCUT2D eigenvalue weighted by Gasteiger charge is -2.32. The van der Waals surface area contributed by atoms with E-state index in [1.54, 1.807) is 31.2 Å². The van der Waals surface area contributed by atoms with Crippen molar-refractivity contribution >= 4 is 21.5 Å². The maximum absolute atomic E-state index is 14.2. The molecule has 2 heterocycles. The van der Waals surface area contributed by atoms with E-state index in [2.05, 4.69) is 32.0 Å². The topological polar surface area (TPSA) is 96.6 Å². The second-order valence-corrected chi connectivity index (χ2v) is 18.5. The molecule has 0 spiro atoms. The van der Waals surface area contributed by atoms with Crippen LogP contribution in [-0.4, -0.2) is 9.13 Å². The second kappa shape index (κ2) is 16.4. The number of alkyl halides is 3. The lowest BCUT2D eigenvalue weighted by molar-refractivity contribution is -0.138. The molecule has 0 bridgehead atoms. The molecule has 8 nitrogen and oxygen atoms in total. The second-order valence-electron chi connectivity index (χ2n) is 18.5. The van der Waals surface area contributed by atoms with Crippen molar-refractivity contribution in [2.24, 2.45) is 7.05 Å². The Morgan fingerprint density at radius 2 is 0.984 bits per heavy atom. The van der Waals surface area contributed by atoms with Gasteiger partial charge in [-0.25, -0.2) is 4.57 Å². The largest absolute Gasteiger partial charge is 0.457 e. The zero-order chi connectivity index (χ0) is 45.2. The van der Waals surface area contributed by atoms with Gasteiger partial charge < -0.3 is 9.47 Å². The lowest BCUT2D eigenvalue weighted by Crippen LogP contribution is -2.23. The van der Waals surface area contributed by atoms with Gasteiger partial charge in [-0.1, -0.05) is 88.3 Å². The third kappa shape index (κ3) is 7.66. The number of benzene rings is 5. The van der Waals surface area contributed by atoms with Gasteiger partial charge in [0.1, 0.15) is 23.0 Å². The van der Waals surface area contributed by atoms with Crippen molar-refractivity contribution in [2.45, 2.75) is 115 Å². The molecule has 0 unspecified atom stereocenters. The molecular formula is C53H51F3N2O6.